The zero-order valence-corrected chi connectivity index (χ0v) is 13.3. The number of nitrogens with zero attached hydrogens (tertiary/aromatic N) is 4. The van der Waals surface area contributed by atoms with Gasteiger partial charge >= 0.3 is 0 Å². The Morgan fingerprint density at radius 2 is 1.68 bits per heavy atom. The van der Waals surface area contributed by atoms with E-state index in [4.69, 9.17) is 23.2 Å². The minimum Gasteiger partial charge on any atom is -0.376 e. The second kappa shape index (κ2) is 6.72. The Kier molecular flexibility index (Phi) is 4.95. The number of azo groups is 1. The van der Waals surface area contributed by atoms with Gasteiger partial charge in [-0.1, -0.05) is 23.2 Å². The first-order valence-electron chi connectivity index (χ1n) is 6.21. The zero-order valence-electron chi connectivity index (χ0n) is 11.8. The van der Waals surface area contributed by atoms with Crippen LogP contribution in [0.15, 0.2) is 46.6 Å². The highest BCUT2D eigenvalue weighted by Crippen LogP contribution is 2.36. The molecule has 0 bridgehead atoms. The van der Waals surface area contributed by atoms with Crippen LogP contribution in [0.2, 0.25) is 10.0 Å². The van der Waals surface area contributed by atoms with E-state index in [0.29, 0.717) is 21.4 Å². The van der Waals surface area contributed by atoms with Crippen molar-refractivity contribution in [1.29, 1.82) is 0 Å². The molecule has 0 N–H and O–H groups in total. The Bertz CT molecular complexity index is 730. The van der Waals surface area contributed by atoms with Gasteiger partial charge in [-0.3, -0.25) is 10.1 Å². The standard InChI is InChI=1S/C14H12Cl2N4O2/c1-19(2)14-8-11(15)13(7-12(14)16)18-17-9-3-5-10(6-4-9)20(21)22/h3-8H,1-2H3/b18-17+. The summed E-state index contributed by atoms with van der Waals surface area (Å²) in [5, 5.41) is 19.5. The Hall–Kier alpha value is -2.18. The van der Waals surface area contributed by atoms with Crippen LogP contribution in [0.1, 0.15) is 0 Å². The molecule has 22 heavy (non-hydrogen) atoms. The SMILES string of the molecule is CN(C)c1cc(Cl)c(/N=N/c2ccc([N+](=O)[O-])cc2)cc1Cl. The molecule has 8 heteroatoms. The topological polar surface area (TPSA) is 71.1 Å². The van der Waals surface area contributed by atoms with E-state index >= 15 is 0 Å². The maximum absolute atomic E-state index is 10.6. The highest BCUT2D eigenvalue weighted by Gasteiger charge is 2.09. The van der Waals surface area contributed by atoms with Gasteiger partial charge in [0.1, 0.15) is 5.69 Å². The molecule has 0 unspecified atom stereocenters. The van der Waals surface area contributed by atoms with Crippen molar-refractivity contribution in [2.45, 2.75) is 0 Å². The van der Waals surface area contributed by atoms with Crippen LogP contribution in [0.3, 0.4) is 0 Å². The molecule has 114 valence electrons. The average molecular weight is 339 g/mol. The molecule has 0 aromatic heterocycles. The lowest BCUT2D eigenvalue weighted by Crippen LogP contribution is -2.08. The van der Waals surface area contributed by atoms with Crippen molar-refractivity contribution in [2.24, 2.45) is 10.2 Å². The van der Waals surface area contributed by atoms with Gasteiger partial charge in [-0.15, -0.1) is 5.11 Å². The van der Waals surface area contributed by atoms with Crippen LogP contribution in [0.25, 0.3) is 0 Å². The maximum Gasteiger partial charge on any atom is 0.269 e. The highest BCUT2D eigenvalue weighted by molar-refractivity contribution is 6.37. The van der Waals surface area contributed by atoms with E-state index in [1.54, 1.807) is 12.1 Å². The summed E-state index contributed by atoms with van der Waals surface area (Å²) < 4.78 is 0. The number of halogens is 2. The number of nitro benzene ring substituents is 1. The third-order valence-corrected chi connectivity index (χ3v) is 3.44. The minimum absolute atomic E-state index is 0.00429. The molecule has 2 rings (SSSR count). The van der Waals surface area contributed by atoms with Gasteiger partial charge in [0.2, 0.25) is 0 Å². The predicted octanol–water partition coefficient (Wildman–Crippen LogP) is 5.38. The summed E-state index contributed by atoms with van der Waals surface area (Å²) in [6.45, 7) is 0. The van der Waals surface area contributed by atoms with E-state index < -0.39 is 4.92 Å². The fraction of sp³-hybridized carbons (Fsp3) is 0.143. The molecular weight excluding hydrogens is 327 g/mol. The van der Waals surface area contributed by atoms with Gasteiger partial charge in [-0.25, -0.2) is 0 Å². The minimum atomic E-state index is -0.475. The van der Waals surface area contributed by atoms with Crippen LogP contribution in [0, 0.1) is 10.1 Å². The predicted molar refractivity (Wildman–Crippen MR) is 88.1 cm³/mol. The van der Waals surface area contributed by atoms with E-state index in [9.17, 15) is 10.1 Å². The summed E-state index contributed by atoms with van der Waals surface area (Å²) in [5.74, 6) is 0. The normalized spacial score (nSPS) is 10.9. The number of nitro groups is 1. The lowest BCUT2D eigenvalue weighted by Gasteiger charge is -2.15. The van der Waals surface area contributed by atoms with Crippen LogP contribution in [0.4, 0.5) is 22.7 Å². The van der Waals surface area contributed by atoms with Crippen molar-refractivity contribution < 1.29 is 4.92 Å². The molecule has 6 nitrogen and oxygen atoms in total. The smallest absolute Gasteiger partial charge is 0.269 e. The van der Waals surface area contributed by atoms with Gasteiger partial charge in [-0.05, 0) is 24.3 Å². The Morgan fingerprint density at radius 1 is 1.05 bits per heavy atom. The van der Waals surface area contributed by atoms with Crippen molar-refractivity contribution in [3.63, 3.8) is 0 Å². The third kappa shape index (κ3) is 3.72. The summed E-state index contributed by atoms with van der Waals surface area (Å²) in [4.78, 5) is 11.9. The number of hydrogen-bond acceptors (Lipinski definition) is 5. The molecule has 0 fully saturated rings. The van der Waals surface area contributed by atoms with E-state index in [0.717, 1.165) is 5.69 Å². The molecule has 0 amide bonds. The molecule has 0 aliphatic heterocycles. The van der Waals surface area contributed by atoms with Crippen LogP contribution >= 0.6 is 23.2 Å². The summed E-state index contributed by atoms with van der Waals surface area (Å²) in [6, 6.07) is 9.05. The molecule has 0 spiro atoms. The van der Waals surface area contributed by atoms with Gasteiger partial charge in [-0.2, -0.15) is 5.11 Å². The van der Waals surface area contributed by atoms with Gasteiger partial charge < -0.3 is 4.90 Å². The second-order valence-electron chi connectivity index (χ2n) is 4.62. The maximum atomic E-state index is 10.6. The van der Waals surface area contributed by atoms with Gasteiger partial charge in [0.15, 0.2) is 0 Å². The summed E-state index contributed by atoms with van der Waals surface area (Å²) in [6.07, 6.45) is 0. The third-order valence-electron chi connectivity index (χ3n) is 2.83. The van der Waals surface area contributed by atoms with Crippen LogP contribution in [0.5, 0.6) is 0 Å². The fourth-order valence-electron chi connectivity index (χ4n) is 1.70. The molecule has 2 aromatic carbocycles. The Balaban J connectivity index is 2.26. The number of benzene rings is 2. The first kappa shape index (κ1) is 16.2. The fourth-order valence-corrected chi connectivity index (χ4v) is 2.22. The number of hydrogen-bond donors (Lipinski definition) is 0. The summed E-state index contributed by atoms with van der Waals surface area (Å²) >= 11 is 12.3. The van der Waals surface area contributed by atoms with E-state index in [-0.39, 0.29) is 5.69 Å². The summed E-state index contributed by atoms with van der Waals surface area (Å²) in [7, 11) is 3.71. The molecule has 0 saturated heterocycles. The van der Waals surface area contributed by atoms with Gasteiger partial charge in [0.05, 0.1) is 26.3 Å². The van der Waals surface area contributed by atoms with Gasteiger partial charge in [0, 0.05) is 26.2 Å². The monoisotopic (exact) mass is 338 g/mol. The van der Waals surface area contributed by atoms with Crippen molar-refractivity contribution in [2.75, 3.05) is 19.0 Å². The van der Waals surface area contributed by atoms with Crippen LogP contribution < -0.4 is 4.90 Å². The van der Waals surface area contributed by atoms with Crippen LogP contribution in [-0.4, -0.2) is 19.0 Å². The Morgan fingerprint density at radius 3 is 2.23 bits per heavy atom. The van der Waals surface area contributed by atoms with Crippen molar-refractivity contribution >= 4 is 46.0 Å². The molecular formula is C14H12Cl2N4O2. The first-order valence-corrected chi connectivity index (χ1v) is 6.96. The molecule has 0 atom stereocenters. The molecule has 0 radical (unpaired) electrons. The number of non-ortho nitro benzene ring substituents is 1. The zero-order chi connectivity index (χ0) is 16.3. The van der Waals surface area contributed by atoms with Gasteiger partial charge in [0.25, 0.3) is 5.69 Å². The molecule has 0 aliphatic carbocycles. The summed E-state index contributed by atoms with van der Waals surface area (Å²) in [5.41, 5.74) is 1.68. The number of anilines is 1. The second-order valence-corrected chi connectivity index (χ2v) is 5.44. The van der Waals surface area contributed by atoms with E-state index in [1.807, 2.05) is 19.0 Å². The molecule has 0 saturated carbocycles. The van der Waals surface area contributed by atoms with Crippen LogP contribution in [-0.2, 0) is 0 Å². The molecule has 0 heterocycles. The molecule has 2 aromatic rings. The van der Waals surface area contributed by atoms with E-state index in [2.05, 4.69) is 10.2 Å². The largest absolute Gasteiger partial charge is 0.376 e. The van der Waals surface area contributed by atoms with Crippen molar-refractivity contribution in [3.8, 4) is 0 Å². The first-order chi connectivity index (χ1) is 10.4. The lowest BCUT2D eigenvalue weighted by molar-refractivity contribution is -0.384. The van der Waals surface area contributed by atoms with Crippen molar-refractivity contribution in [3.05, 3.63) is 56.6 Å². The quantitative estimate of drug-likeness (QED) is 0.426. The number of rotatable bonds is 4. The van der Waals surface area contributed by atoms with Crippen molar-refractivity contribution in [1.82, 2.24) is 0 Å². The highest BCUT2D eigenvalue weighted by atomic mass is 35.5. The lowest BCUT2D eigenvalue weighted by atomic mass is 10.2. The van der Waals surface area contributed by atoms with E-state index in [1.165, 1.54) is 24.3 Å². The average Bonchev–Trinajstić information content (AvgIpc) is 2.47. The Labute approximate surface area is 137 Å². The molecule has 0 aliphatic rings.